The number of anilines is 6. The fourth-order valence-electron chi connectivity index (χ4n) is 10.2. The number of β-amino-alcohol motifs (C(OH)–C–C–N with tert-alkyl or cyclic N) is 3. The van der Waals surface area contributed by atoms with Gasteiger partial charge in [0.2, 0.25) is 0 Å². The second-order valence-electron chi connectivity index (χ2n) is 21.7. The summed E-state index contributed by atoms with van der Waals surface area (Å²) < 4.78 is 132. The van der Waals surface area contributed by atoms with Gasteiger partial charge in [-0.15, -0.1) is 50.9 Å². The second kappa shape index (κ2) is 28.3. The fourth-order valence-corrected chi connectivity index (χ4v) is 10.8. The first-order chi connectivity index (χ1) is 44.7. The molecule has 3 atom stereocenters. The number of furan rings is 1. The van der Waals surface area contributed by atoms with Gasteiger partial charge in [0.1, 0.15) is 35.1 Å². The van der Waals surface area contributed by atoms with Crippen molar-refractivity contribution in [3.63, 3.8) is 0 Å². The maximum atomic E-state index is 12.8. The summed E-state index contributed by atoms with van der Waals surface area (Å²) in [6, 6.07) is 24.9. The molecule has 0 bridgehead atoms. The van der Waals surface area contributed by atoms with Crippen molar-refractivity contribution in [3.05, 3.63) is 175 Å². The van der Waals surface area contributed by atoms with E-state index in [1.807, 2.05) is 15.9 Å². The van der Waals surface area contributed by atoms with Crippen LogP contribution in [0.15, 0.2) is 167 Å². The molecular weight excluding hydrogens is 1280 g/mol. The van der Waals surface area contributed by atoms with Gasteiger partial charge in [-0.25, -0.2) is 9.97 Å². The van der Waals surface area contributed by atoms with Crippen molar-refractivity contribution in [2.45, 2.75) is 63.1 Å². The minimum atomic E-state index is -4.79. The van der Waals surface area contributed by atoms with Gasteiger partial charge in [-0.05, 0) is 135 Å². The topological polar surface area (TPSA) is 263 Å². The minimum Gasteiger partial charge on any atom is -0.472 e. The number of nitrogens with zero attached hydrogens (tertiary/aromatic N) is 7. The van der Waals surface area contributed by atoms with Crippen LogP contribution in [0.25, 0.3) is 32.7 Å². The van der Waals surface area contributed by atoms with Gasteiger partial charge in [0, 0.05) is 114 Å². The van der Waals surface area contributed by atoms with Gasteiger partial charge >= 0.3 is 19.1 Å². The first-order valence-corrected chi connectivity index (χ1v) is 29.3. The molecule has 1 unspecified atom stereocenters. The van der Waals surface area contributed by atoms with E-state index in [0.717, 1.165) is 58.1 Å². The highest BCUT2D eigenvalue weighted by atomic mass is 32.1. The van der Waals surface area contributed by atoms with Crippen molar-refractivity contribution in [3.8, 4) is 49.9 Å². The van der Waals surface area contributed by atoms with Crippen LogP contribution in [0, 0.1) is 0 Å². The van der Waals surface area contributed by atoms with E-state index in [4.69, 9.17) is 8.94 Å². The summed E-state index contributed by atoms with van der Waals surface area (Å²) in [5.41, 5.74) is 7.09. The molecule has 492 valence electrons. The number of hydrogen-bond donors (Lipinski definition) is 6. The number of pyridine rings is 2. The van der Waals surface area contributed by atoms with Gasteiger partial charge in [-0.2, -0.15) is 0 Å². The Balaban J connectivity index is 0.000000154. The van der Waals surface area contributed by atoms with Gasteiger partial charge in [-0.1, -0.05) is 5.16 Å². The highest BCUT2D eigenvalue weighted by Gasteiger charge is 2.35. The molecule has 0 radical (unpaired) electrons. The molecule has 3 aliphatic rings. The number of alkyl halides is 9. The third-order valence-corrected chi connectivity index (χ3v) is 15.4. The van der Waals surface area contributed by atoms with Crippen molar-refractivity contribution >= 4 is 63.4 Å². The third-order valence-electron chi connectivity index (χ3n) is 14.5. The number of amides is 3. The molecule has 9 aromatic rings. The molecule has 21 nitrogen and oxygen atoms in total. The van der Waals surface area contributed by atoms with Gasteiger partial charge < -0.3 is 69.1 Å². The maximum absolute atomic E-state index is 12.8. The lowest BCUT2D eigenvalue weighted by Crippen LogP contribution is -2.29. The predicted octanol–water partition coefficient (Wildman–Crippen LogP) is 12.4. The molecule has 0 saturated carbocycles. The van der Waals surface area contributed by atoms with Crippen LogP contribution in [-0.2, 0) is 0 Å². The van der Waals surface area contributed by atoms with E-state index < -0.39 is 54.6 Å². The number of carbonyl (C=O) groups excluding carboxylic acids is 3. The summed E-state index contributed by atoms with van der Waals surface area (Å²) in [6.45, 7) is 5.08. The monoisotopic (exact) mass is 1330 g/mol. The summed E-state index contributed by atoms with van der Waals surface area (Å²) in [7, 11) is 0. The molecule has 3 aliphatic heterocycles. The summed E-state index contributed by atoms with van der Waals surface area (Å²) >= 11 is 1.44. The predicted molar refractivity (Wildman–Crippen MR) is 326 cm³/mol. The Kier molecular flexibility index (Phi) is 20.1. The number of carbonyl (C=O) groups is 3. The lowest BCUT2D eigenvalue weighted by Gasteiger charge is -2.23. The molecule has 4 aromatic carbocycles. The fraction of sp³-hybridized carbons (Fsp3) is 0.254. The molecule has 12 rings (SSSR count). The number of hydrogen-bond acceptors (Lipinski definition) is 19. The van der Waals surface area contributed by atoms with E-state index in [1.54, 1.807) is 49.0 Å². The van der Waals surface area contributed by atoms with Gasteiger partial charge in [-0.3, -0.25) is 19.4 Å². The Hall–Kier alpha value is -10.2. The second-order valence-corrected chi connectivity index (χ2v) is 22.6. The molecule has 0 spiro atoms. The Morgan fingerprint density at radius 2 is 1.04 bits per heavy atom. The Bertz CT molecular complexity index is 3860. The van der Waals surface area contributed by atoms with Crippen LogP contribution in [0.3, 0.4) is 0 Å². The average molecular weight is 1330 g/mol. The minimum absolute atomic E-state index is 0.232. The van der Waals surface area contributed by atoms with Crippen LogP contribution in [0.2, 0.25) is 0 Å². The number of aliphatic hydroxyl groups excluding tert-OH is 2. The smallest absolute Gasteiger partial charge is 0.472 e. The van der Waals surface area contributed by atoms with Crippen molar-refractivity contribution in [2.24, 2.45) is 0 Å². The van der Waals surface area contributed by atoms with E-state index in [0.29, 0.717) is 104 Å². The number of rotatable bonds is 15. The van der Waals surface area contributed by atoms with Crippen LogP contribution in [0.1, 0.15) is 57.3 Å². The number of halogens is 9. The first-order valence-electron chi connectivity index (χ1n) is 28.5. The molecule has 5 aromatic heterocycles. The average Bonchev–Trinajstić information content (AvgIpc) is 1.52. The summed E-state index contributed by atoms with van der Waals surface area (Å²) in [5, 5.41) is 41.6. The number of thiazole rings is 1. The van der Waals surface area contributed by atoms with Crippen LogP contribution < -0.4 is 44.9 Å². The zero-order chi connectivity index (χ0) is 67.0. The molecular formula is C63H55F9N10O11S. The largest absolute Gasteiger partial charge is 0.573 e. The maximum Gasteiger partial charge on any atom is 0.573 e. The van der Waals surface area contributed by atoms with E-state index in [-0.39, 0.29) is 34.1 Å². The standard InChI is InChI=1S/C22H20F3N3O3S.C21H18F3N3O4.C20H17F3N4O4/c1-21(30)8-9-28(12-21)18-7-2-14(10-17(18)19-11-26-13-32-19)20(29)27-15-3-5-16(6-4-15)31-22(23,24)25;22-21(23,24)31-17-3-1-15(2-4-17)26-20(29)14-9-18(13-6-8-30-12-13)19(25-10-14)27-7-5-16(28)11-27;21-20(22,23)31-16-3-1-14(2-4-16)26-19(29)12-7-17(13-9-25-30-11-13)18(24-8-12)27-6-5-15(28)10-27/h2-7,10-11,13,30H,8-9,12H2,1H3,(H,27,29);1-4,6,8-10,12,16,28H,5,7,11H2,(H,26,29);1-4,7-9,11,15,28H,5-6,10H2,(H,26,29)/t;16-;15-/m.11/s1. The van der Waals surface area contributed by atoms with E-state index in [2.05, 4.69) is 55.2 Å². The highest BCUT2D eigenvalue weighted by Crippen LogP contribution is 2.39. The highest BCUT2D eigenvalue weighted by molar-refractivity contribution is 7.13. The SMILES string of the molecule is CC1(O)CCN(c2ccc(C(=O)Nc3ccc(OC(F)(F)F)cc3)cc2-c2cncs2)C1.O=C(Nc1ccc(OC(F)(F)F)cc1)c1cnc(N2CC[C@@H](O)C2)c(-c2ccoc2)c1.O=C(Nc1ccc(OC(F)(F)F)cc1)c1cnc(N2CC[C@@H](O)C2)c(-c2cnoc2)c1. The van der Waals surface area contributed by atoms with Crippen LogP contribution in [-0.4, -0.2) is 129 Å². The Morgan fingerprint density at radius 1 is 0.574 bits per heavy atom. The van der Waals surface area contributed by atoms with Crippen LogP contribution in [0.5, 0.6) is 17.2 Å². The van der Waals surface area contributed by atoms with Gasteiger partial charge in [0.05, 0.1) is 58.0 Å². The van der Waals surface area contributed by atoms with E-state index in [1.165, 1.54) is 85.1 Å². The first kappa shape index (κ1) is 66.7. The molecule has 3 saturated heterocycles. The molecule has 8 heterocycles. The van der Waals surface area contributed by atoms with Crippen molar-refractivity contribution in [2.75, 3.05) is 69.9 Å². The van der Waals surface area contributed by atoms with E-state index in [9.17, 15) is 69.2 Å². The van der Waals surface area contributed by atoms with E-state index >= 15 is 0 Å². The number of benzene rings is 4. The van der Waals surface area contributed by atoms with Gasteiger partial charge in [0.15, 0.2) is 0 Å². The Morgan fingerprint density at radius 3 is 1.43 bits per heavy atom. The number of aliphatic hydroxyl groups is 3. The molecule has 6 N–H and O–H groups in total. The summed E-state index contributed by atoms with van der Waals surface area (Å²) in [6.07, 6.45) is -2.86. The van der Waals surface area contributed by atoms with Crippen LogP contribution in [0.4, 0.5) is 73.9 Å². The number of nitrogens with one attached hydrogen (secondary N) is 3. The van der Waals surface area contributed by atoms with Crippen LogP contribution >= 0.6 is 11.3 Å². The summed E-state index contributed by atoms with van der Waals surface area (Å²) in [4.78, 5) is 58.0. The normalized spacial score (nSPS) is 17.1. The molecule has 3 amide bonds. The molecule has 94 heavy (non-hydrogen) atoms. The molecule has 0 aliphatic carbocycles. The lowest BCUT2D eigenvalue weighted by atomic mass is 10.1. The zero-order valence-electron chi connectivity index (χ0n) is 49.1. The van der Waals surface area contributed by atoms with Crippen molar-refractivity contribution in [1.82, 2.24) is 20.1 Å². The lowest BCUT2D eigenvalue weighted by molar-refractivity contribution is -0.275. The zero-order valence-corrected chi connectivity index (χ0v) is 49.9. The molecule has 31 heteroatoms. The molecule has 3 fully saturated rings. The Labute approximate surface area is 532 Å². The quantitative estimate of drug-likeness (QED) is 0.0521. The third kappa shape index (κ3) is 18.1. The van der Waals surface area contributed by atoms with Crippen molar-refractivity contribution in [1.29, 1.82) is 0 Å². The number of ether oxygens (including phenoxy) is 3. The number of aromatic nitrogens is 4. The van der Waals surface area contributed by atoms with Crippen molar-refractivity contribution < 1.29 is 92.4 Å². The summed E-state index contributed by atoms with van der Waals surface area (Å²) in [5.74, 6) is -1.30. The van der Waals surface area contributed by atoms with Gasteiger partial charge in [0.25, 0.3) is 17.7 Å².